The fourth-order valence-electron chi connectivity index (χ4n) is 4.34. The van der Waals surface area contributed by atoms with E-state index in [4.69, 9.17) is 0 Å². The molecule has 2 aromatic carbocycles. The zero-order valence-electron chi connectivity index (χ0n) is 18.0. The first kappa shape index (κ1) is 20.9. The number of rotatable bonds is 4. The Labute approximate surface area is 190 Å². The molecule has 33 heavy (non-hydrogen) atoms. The molecule has 5 rings (SSSR count). The average molecular weight is 442 g/mol. The lowest BCUT2D eigenvalue weighted by Gasteiger charge is -2.36. The number of halogens is 1. The van der Waals surface area contributed by atoms with Gasteiger partial charge in [-0.15, -0.1) is 0 Å². The molecule has 4 aromatic rings. The van der Waals surface area contributed by atoms with Crippen molar-refractivity contribution in [2.24, 2.45) is 0 Å². The van der Waals surface area contributed by atoms with Gasteiger partial charge < -0.3 is 14.4 Å². The summed E-state index contributed by atoms with van der Waals surface area (Å²) in [6, 6.07) is 19.2. The number of aromatic nitrogens is 2. The summed E-state index contributed by atoms with van der Waals surface area (Å²) in [5, 5.41) is 0.980. The molecule has 0 spiro atoms. The van der Waals surface area contributed by atoms with Crippen molar-refractivity contribution in [1.29, 1.82) is 0 Å². The van der Waals surface area contributed by atoms with Crippen molar-refractivity contribution in [2.75, 3.05) is 31.1 Å². The maximum atomic E-state index is 13.3. The lowest BCUT2D eigenvalue weighted by Crippen LogP contribution is -2.49. The Morgan fingerprint density at radius 2 is 1.61 bits per heavy atom. The summed E-state index contributed by atoms with van der Waals surface area (Å²) in [4.78, 5) is 33.8. The highest BCUT2D eigenvalue weighted by Gasteiger charge is 2.24. The van der Waals surface area contributed by atoms with E-state index in [0.29, 0.717) is 38.3 Å². The van der Waals surface area contributed by atoms with Crippen molar-refractivity contribution < 1.29 is 9.18 Å². The Hall–Kier alpha value is -4.00. The molecule has 7 heteroatoms. The number of pyridine rings is 2. The molecule has 1 saturated heterocycles. The van der Waals surface area contributed by atoms with Gasteiger partial charge >= 0.3 is 0 Å². The summed E-state index contributed by atoms with van der Waals surface area (Å²) < 4.78 is 15.0. The Kier molecular flexibility index (Phi) is 5.60. The minimum atomic E-state index is -0.298. The summed E-state index contributed by atoms with van der Waals surface area (Å²) in [5.74, 6) is -0.301. The molecular formula is C26H23FN4O2. The second kappa shape index (κ2) is 8.86. The predicted molar refractivity (Wildman–Crippen MR) is 126 cm³/mol. The maximum absolute atomic E-state index is 13.3. The van der Waals surface area contributed by atoms with Crippen molar-refractivity contribution in [3.8, 4) is 0 Å². The Morgan fingerprint density at radius 3 is 2.33 bits per heavy atom. The molecule has 0 saturated carbocycles. The summed E-state index contributed by atoms with van der Waals surface area (Å²) in [6.07, 6.45) is 3.24. The summed E-state index contributed by atoms with van der Waals surface area (Å²) >= 11 is 0. The molecule has 6 nitrogen and oxygen atoms in total. The van der Waals surface area contributed by atoms with Gasteiger partial charge in [-0.3, -0.25) is 14.6 Å². The maximum Gasteiger partial charge on any atom is 0.254 e. The van der Waals surface area contributed by atoms with Gasteiger partial charge in [0.25, 0.3) is 11.5 Å². The summed E-state index contributed by atoms with van der Waals surface area (Å²) in [5.41, 5.74) is 3.09. The lowest BCUT2D eigenvalue weighted by molar-refractivity contribution is 0.0746. The van der Waals surface area contributed by atoms with Gasteiger partial charge in [0.15, 0.2) is 0 Å². The second-order valence-electron chi connectivity index (χ2n) is 8.11. The molecule has 1 fully saturated rings. The Morgan fingerprint density at radius 1 is 0.909 bits per heavy atom. The zero-order valence-corrected chi connectivity index (χ0v) is 18.0. The van der Waals surface area contributed by atoms with E-state index in [-0.39, 0.29) is 17.3 Å². The van der Waals surface area contributed by atoms with Crippen LogP contribution in [0, 0.1) is 5.82 Å². The molecule has 0 radical (unpaired) electrons. The Bertz CT molecular complexity index is 1340. The van der Waals surface area contributed by atoms with Crippen LogP contribution in [0.2, 0.25) is 0 Å². The number of piperazine rings is 1. The van der Waals surface area contributed by atoms with Crippen LogP contribution in [0.5, 0.6) is 0 Å². The number of carbonyl (C=O) groups excluding carboxylic acids is 1. The van der Waals surface area contributed by atoms with Crippen LogP contribution < -0.4 is 10.5 Å². The van der Waals surface area contributed by atoms with Crippen LogP contribution in [0.1, 0.15) is 15.9 Å². The van der Waals surface area contributed by atoms with Crippen LogP contribution in [0.15, 0.2) is 83.9 Å². The SMILES string of the molecule is O=C(c1ccncc1)N1CCN(c2cc(=O)n(Cc3ccc(F)cc3)c3ccccc23)CC1. The number of amides is 1. The number of fused-ring (bicyclic) bond motifs is 1. The molecule has 0 bridgehead atoms. The standard InChI is InChI=1S/C26H23FN4O2/c27-21-7-5-19(6-8-21)18-31-23-4-2-1-3-22(23)24(17-25(31)32)29-13-15-30(16-14-29)26(33)20-9-11-28-12-10-20/h1-12,17H,13-16,18H2. The van der Waals surface area contributed by atoms with Gasteiger partial charge in [0.05, 0.1) is 17.7 Å². The van der Waals surface area contributed by atoms with E-state index >= 15 is 0 Å². The van der Waals surface area contributed by atoms with Crippen LogP contribution in [0.25, 0.3) is 10.9 Å². The zero-order chi connectivity index (χ0) is 22.8. The van der Waals surface area contributed by atoms with Gasteiger partial charge in [-0.25, -0.2) is 4.39 Å². The van der Waals surface area contributed by atoms with Gasteiger partial charge in [0, 0.05) is 55.6 Å². The number of nitrogens with zero attached hydrogens (tertiary/aromatic N) is 4. The number of carbonyl (C=O) groups is 1. The Balaban J connectivity index is 1.41. The number of para-hydroxylation sites is 1. The molecule has 0 unspecified atom stereocenters. The third-order valence-corrected chi connectivity index (χ3v) is 6.09. The fourth-order valence-corrected chi connectivity index (χ4v) is 4.34. The highest BCUT2D eigenvalue weighted by Crippen LogP contribution is 2.27. The smallest absolute Gasteiger partial charge is 0.254 e. The quantitative estimate of drug-likeness (QED) is 0.485. The number of benzene rings is 2. The molecule has 1 amide bonds. The summed E-state index contributed by atoms with van der Waals surface area (Å²) in [6.45, 7) is 2.81. The monoisotopic (exact) mass is 442 g/mol. The highest BCUT2D eigenvalue weighted by molar-refractivity contribution is 5.95. The van der Waals surface area contributed by atoms with E-state index < -0.39 is 0 Å². The minimum Gasteiger partial charge on any atom is -0.367 e. The fraction of sp³-hybridized carbons (Fsp3) is 0.192. The normalized spacial score (nSPS) is 14.0. The molecule has 1 aliphatic heterocycles. The molecule has 2 aromatic heterocycles. The van der Waals surface area contributed by atoms with E-state index in [2.05, 4.69) is 9.88 Å². The van der Waals surface area contributed by atoms with Gasteiger partial charge in [-0.2, -0.15) is 0 Å². The van der Waals surface area contributed by atoms with Crippen molar-refractivity contribution in [1.82, 2.24) is 14.5 Å². The van der Waals surface area contributed by atoms with E-state index in [1.165, 1.54) is 12.1 Å². The lowest BCUT2D eigenvalue weighted by atomic mass is 10.1. The van der Waals surface area contributed by atoms with Crippen LogP contribution in [-0.2, 0) is 6.54 Å². The van der Waals surface area contributed by atoms with Gasteiger partial charge in [-0.05, 0) is 35.9 Å². The molecule has 0 N–H and O–H groups in total. The number of hydrogen-bond donors (Lipinski definition) is 0. The van der Waals surface area contributed by atoms with E-state index in [9.17, 15) is 14.0 Å². The molecule has 0 aliphatic carbocycles. The number of hydrogen-bond acceptors (Lipinski definition) is 4. The summed E-state index contributed by atoms with van der Waals surface area (Å²) in [7, 11) is 0. The number of anilines is 1. The first-order valence-electron chi connectivity index (χ1n) is 10.9. The third kappa shape index (κ3) is 4.22. The van der Waals surface area contributed by atoms with Crippen molar-refractivity contribution in [2.45, 2.75) is 6.54 Å². The van der Waals surface area contributed by atoms with E-state index in [0.717, 1.165) is 22.2 Å². The first-order chi connectivity index (χ1) is 16.1. The van der Waals surface area contributed by atoms with Gasteiger partial charge in [0.1, 0.15) is 5.82 Å². The first-order valence-corrected chi connectivity index (χ1v) is 10.9. The van der Waals surface area contributed by atoms with E-state index in [1.54, 1.807) is 47.3 Å². The van der Waals surface area contributed by atoms with Gasteiger partial charge in [0.2, 0.25) is 0 Å². The molecular weight excluding hydrogens is 419 g/mol. The van der Waals surface area contributed by atoms with Crippen LogP contribution in [0.4, 0.5) is 10.1 Å². The molecule has 3 heterocycles. The van der Waals surface area contributed by atoms with Crippen molar-refractivity contribution in [3.63, 3.8) is 0 Å². The molecule has 166 valence electrons. The molecule has 1 aliphatic rings. The van der Waals surface area contributed by atoms with Crippen LogP contribution in [0.3, 0.4) is 0 Å². The van der Waals surface area contributed by atoms with Gasteiger partial charge in [-0.1, -0.05) is 30.3 Å². The van der Waals surface area contributed by atoms with E-state index in [1.807, 2.05) is 29.2 Å². The largest absolute Gasteiger partial charge is 0.367 e. The predicted octanol–water partition coefficient (Wildman–Crippen LogP) is 3.55. The highest BCUT2D eigenvalue weighted by atomic mass is 19.1. The minimum absolute atomic E-state index is 0.00313. The van der Waals surface area contributed by atoms with Crippen LogP contribution >= 0.6 is 0 Å². The third-order valence-electron chi connectivity index (χ3n) is 6.09. The molecule has 0 atom stereocenters. The van der Waals surface area contributed by atoms with Crippen molar-refractivity contribution >= 4 is 22.5 Å². The van der Waals surface area contributed by atoms with Crippen molar-refractivity contribution in [3.05, 3.63) is 106 Å². The second-order valence-corrected chi connectivity index (χ2v) is 8.11. The van der Waals surface area contributed by atoms with Crippen LogP contribution in [-0.4, -0.2) is 46.5 Å². The average Bonchev–Trinajstić information content (AvgIpc) is 2.87. The topological polar surface area (TPSA) is 58.4 Å².